The first-order chi connectivity index (χ1) is 12.8. The Labute approximate surface area is 159 Å². The average molecular weight is 389 g/mol. The Morgan fingerprint density at radius 2 is 1.67 bits per heavy atom. The van der Waals surface area contributed by atoms with Crippen molar-refractivity contribution in [1.29, 1.82) is 0 Å². The zero-order valence-electron chi connectivity index (χ0n) is 15.5. The highest BCUT2D eigenvalue weighted by Gasteiger charge is 2.28. The van der Waals surface area contributed by atoms with Crippen molar-refractivity contribution in [3.05, 3.63) is 63.7 Å². The van der Waals surface area contributed by atoms with Gasteiger partial charge in [-0.3, -0.25) is 10.1 Å². The van der Waals surface area contributed by atoms with Gasteiger partial charge in [-0.05, 0) is 44.5 Å². The predicted octanol–water partition coefficient (Wildman–Crippen LogP) is 3.11. The molecule has 3 rings (SSSR count). The van der Waals surface area contributed by atoms with Crippen LogP contribution in [0.2, 0.25) is 0 Å². The number of benzene rings is 2. The largest absolute Gasteiger partial charge is 0.370 e. The van der Waals surface area contributed by atoms with Gasteiger partial charge in [0.15, 0.2) is 0 Å². The molecule has 0 bridgehead atoms. The number of hydrogen-bond acceptors (Lipinski definition) is 5. The standard InChI is InChI=1S/C19H23N3O4S/c1-15-4-6-17(7-5-15)20-10-3-11-21(13-12-20)27(25,26)18-8-9-19(22(23)24)16(2)14-18/h4-9,14H,3,10-13H2,1-2H3. The maximum absolute atomic E-state index is 13.0. The highest BCUT2D eigenvalue weighted by atomic mass is 32.2. The highest BCUT2D eigenvalue weighted by Crippen LogP contribution is 2.25. The summed E-state index contributed by atoms with van der Waals surface area (Å²) < 4.78 is 27.5. The molecule has 1 saturated heterocycles. The van der Waals surface area contributed by atoms with E-state index in [0.29, 0.717) is 25.2 Å². The van der Waals surface area contributed by atoms with Crippen LogP contribution in [-0.2, 0) is 10.0 Å². The van der Waals surface area contributed by atoms with Crippen LogP contribution in [-0.4, -0.2) is 43.8 Å². The quantitative estimate of drug-likeness (QED) is 0.593. The Balaban J connectivity index is 1.79. The normalized spacial score (nSPS) is 16.1. The number of hydrogen-bond donors (Lipinski definition) is 0. The van der Waals surface area contributed by atoms with E-state index in [0.717, 1.165) is 18.7 Å². The minimum absolute atomic E-state index is 0.0737. The monoisotopic (exact) mass is 389 g/mol. The van der Waals surface area contributed by atoms with Crippen LogP contribution in [0.1, 0.15) is 17.5 Å². The van der Waals surface area contributed by atoms with Crippen molar-refractivity contribution in [2.75, 3.05) is 31.1 Å². The minimum Gasteiger partial charge on any atom is -0.370 e. The zero-order chi connectivity index (χ0) is 19.6. The van der Waals surface area contributed by atoms with E-state index in [2.05, 4.69) is 17.0 Å². The van der Waals surface area contributed by atoms with E-state index in [1.54, 1.807) is 6.92 Å². The summed E-state index contributed by atoms with van der Waals surface area (Å²) in [4.78, 5) is 12.8. The maximum atomic E-state index is 13.0. The molecule has 0 spiro atoms. The number of nitrogens with zero attached hydrogens (tertiary/aromatic N) is 3. The van der Waals surface area contributed by atoms with Gasteiger partial charge in [-0.2, -0.15) is 4.31 Å². The molecule has 1 aliphatic rings. The van der Waals surface area contributed by atoms with Crippen LogP contribution in [0.25, 0.3) is 0 Å². The lowest BCUT2D eigenvalue weighted by atomic mass is 10.2. The SMILES string of the molecule is Cc1ccc(N2CCCN(S(=O)(=O)c3ccc([N+](=O)[O-])c(C)c3)CC2)cc1. The Bertz CT molecular complexity index is 942. The van der Waals surface area contributed by atoms with Gasteiger partial charge in [0.25, 0.3) is 5.69 Å². The second-order valence-electron chi connectivity index (χ2n) is 6.79. The summed E-state index contributed by atoms with van der Waals surface area (Å²) >= 11 is 0. The third-order valence-corrected chi connectivity index (χ3v) is 6.75. The highest BCUT2D eigenvalue weighted by molar-refractivity contribution is 7.89. The van der Waals surface area contributed by atoms with Crippen LogP contribution in [0.5, 0.6) is 0 Å². The van der Waals surface area contributed by atoms with Gasteiger partial charge in [0, 0.05) is 43.5 Å². The summed E-state index contributed by atoms with van der Waals surface area (Å²) in [6, 6.07) is 12.2. The molecular weight excluding hydrogens is 366 g/mol. The first-order valence-corrected chi connectivity index (χ1v) is 10.3. The van der Waals surface area contributed by atoms with Gasteiger partial charge >= 0.3 is 0 Å². The predicted molar refractivity (Wildman–Crippen MR) is 105 cm³/mol. The number of rotatable bonds is 4. The molecule has 1 aliphatic heterocycles. The number of nitro benzene ring substituents is 1. The van der Waals surface area contributed by atoms with Gasteiger partial charge < -0.3 is 4.90 Å². The van der Waals surface area contributed by atoms with E-state index in [1.165, 1.54) is 28.1 Å². The van der Waals surface area contributed by atoms with Crippen molar-refractivity contribution in [2.24, 2.45) is 0 Å². The second kappa shape index (κ2) is 7.66. The van der Waals surface area contributed by atoms with Crippen LogP contribution >= 0.6 is 0 Å². The molecular formula is C19H23N3O4S. The van der Waals surface area contributed by atoms with E-state index >= 15 is 0 Å². The van der Waals surface area contributed by atoms with Crippen LogP contribution < -0.4 is 4.90 Å². The van der Waals surface area contributed by atoms with Crippen molar-refractivity contribution in [1.82, 2.24) is 4.31 Å². The summed E-state index contributed by atoms with van der Waals surface area (Å²) in [6.07, 6.45) is 0.721. The third-order valence-electron chi connectivity index (χ3n) is 4.86. The van der Waals surface area contributed by atoms with Crippen LogP contribution in [0.15, 0.2) is 47.4 Å². The fourth-order valence-electron chi connectivity index (χ4n) is 3.29. The van der Waals surface area contributed by atoms with Crippen molar-refractivity contribution in [3.63, 3.8) is 0 Å². The number of anilines is 1. The summed E-state index contributed by atoms with van der Waals surface area (Å²) in [7, 11) is -3.68. The molecule has 0 N–H and O–H groups in total. The molecule has 0 aliphatic carbocycles. The van der Waals surface area contributed by atoms with E-state index in [4.69, 9.17) is 0 Å². The van der Waals surface area contributed by atoms with Crippen LogP contribution in [0.4, 0.5) is 11.4 Å². The van der Waals surface area contributed by atoms with Gasteiger partial charge in [0.05, 0.1) is 9.82 Å². The molecule has 0 unspecified atom stereocenters. The van der Waals surface area contributed by atoms with E-state index in [9.17, 15) is 18.5 Å². The molecule has 7 nitrogen and oxygen atoms in total. The fourth-order valence-corrected chi connectivity index (χ4v) is 4.85. The first-order valence-electron chi connectivity index (χ1n) is 8.86. The molecule has 0 saturated carbocycles. The van der Waals surface area contributed by atoms with Gasteiger partial charge in [-0.15, -0.1) is 0 Å². The zero-order valence-corrected chi connectivity index (χ0v) is 16.3. The van der Waals surface area contributed by atoms with Crippen LogP contribution in [0.3, 0.4) is 0 Å². The lowest BCUT2D eigenvalue weighted by molar-refractivity contribution is -0.385. The Kier molecular flexibility index (Phi) is 5.48. The van der Waals surface area contributed by atoms with E-state index in [1.807, 2.05) is 19.1 Å². The molecule has 2 aromatic rings. The van der Waals surface area contributed by atoms with E-state index < -0.39 is 14.9 Å². The van der Waals surface area contributed by atoms with Gasteiger partial charge in [-0.25, -0.2) is 8.42 Å². The fraction of sp³-hybridized carbons (Fsp3) is 0.368. The van der Waals surface area contributed by atoms with Gasteiger partial charge in [0.2, 0.25) is 10.0 Å². The molecule has 0 radical (unpaired) electrons. The third kappa shape index (κ3) is 4.12. The van der Waals surface area contributed by atoms with Crippen molar-refractivity contribution in [3.8, 4) is 0 Å². The molecule has 1 heterocycles. The van der Waals surface area contributed by atoms with Crippen molar-refractivity contribution >= 4 is 21.4 Å². The molecule has 0 aromatic heterocycles. The summed E-state index contributed by atoms with van der Waals surface area (Å²) in [5.74, 6) is 0. The first kappa shape index (κ1) is 19.3. The lowest BCUT2D eigenvalue weighted by Crippen LogP contribution is -2.35. The summed E-state index contributed by atoms with van der Waals surface area (Å²) in [5.41, 5.74) is 2.55. The average Bonchev–Trinajstić information content (AvgIpc) is 2.88. The summed E-state index contributed by atoms with van der Waals surface area (Å²) in [6.45, 7) is 5.79. The molecule has 27 heavy (non-hydrogen) atoms. The topological polar surface area (TPSA) is 83.8 Å². The molecule has 2 aromatic carbocycles. The lowest BCUT2D eigenvalue weighted by Gasteiger charge is -2.23. The van der Waals surface area contributed by atoms with Gasteiger partial charge in [0.1, 0.15) is 0 Å². The molecule has 0 atom stereocenters. The second-order valence-corrected chi connectivity index (χ2v) is 8.72. The molecule has 144 valence electrons. The molecule has 8 heteroatoms. The number of aryl methyl sites for hydroxylation is 2. The molecule has 1 fully saturated rings. The van der Waals surface area contributed by atoms with Crippen molar-refractivity contribution in [2.45, 2.75) is 25.2 Å². The Hall–Kier alpha value is -2.45. The smallest absolute Gasteiger partial charge is 0.272 e. The number of nitro groups is 1. The Morgan fingerprint density at radius 3 is 2.30 bits per heavy atom. The van der Waals surface area contributed by atoms with Gasteiger partial charge in [-0.1, -0.05) is 17.7 Å². The number of sulfonamides is 1. The van der Waals surface area contributed by atoms with Crippen molar-refractivity contribution < 1.29 is 13.3 Å². The van der Waals surface area contributed by atoms with E-state index in [-0.39, 0.29) is 10.6 Å². The Morgan fingerprint density at radius 1 is 0.963 bits per heavy atom. The van der Waals surface area contributed by atoms with Crippen LogP contribution in [0, 0.1) is 24.0 Å². The summed E-state index contributed by atoms with van der Waals surface area (Å²) in [5, 5.41) is 11.0. The minimum atomic E-state index is -3.68. The maximum Gasteiger partial charge on any atom is 0.272 e. The molecule has 0 amide bonds.